The molecule has 0 aliphatic carbocycles. The number of rotatable bonds is 3. The highest BCUT2D eigenvalue weighted by Crippen LogP contribution is 2.34. The zero-order valence-electron chi connectivity index (χ0n) is 12.8. The molecule has 4 nitrogen and oxygen atoms in total. The van der Waals surface area contributed by atoms with Crippen LogP contribution in [0.1, 0.15) is 5.56 Å². The van der Waals surface area contributed by atoms with Gasteiger partial charge in [0.2, 0.25) is 5.75 Å². The molecule has 5 heteroatoms. The van der Waals surface area contributed by atoms with Crippen molar-refractivity contribution in [1.29, 1.82) is 0 Å². The van der Waals surface area contributed by atoms with Gasteiger partial charge in [-0.15, -0.1) is 0 Å². The molecule has 4 rings (SSSR count). The van der Waals surface area contributed by atoms with Crippen molar-refractivity contribution in [3.05, 3.63) is 54.1 Å². The molecule has 1 fully saturated rings. The van der Waals surface area contributed by atoms with Gasteiger partial charge in [-0.3, -0.25) is 10.0 Å². The van der Waals surface area contributed by atoms with Crippen molar-refractivity contribution < 1.29 is 5.11 Å². The molecule has 117 valence electrons. The van der Waals surface area contributed by atoms with E-state index in [0.717, 1.165) is 42.6 Å². The van der Waals surface area contributed by atoms with Crippen LogP contribution in [0.2, 0.25) is 0 Å². The van der Waals surface area contributed by atoms with Gasteiger partial charge in [0, 0.05) is 32.7 Å². The van der Waals surface area contributed by atoms with Gasteiger partial charge in [0.25, 0.3) is 0 Å². The van der Waals surface area contributed by atoms with Crippen LogP contribution in [0.3, 0.4) is 0 Å². The summed E-state index contributed by atoms with van der Waals surface area (Å²) in [5, 5.41) is 12.8. The molecule has 1 aromatic heterocycles. The van der Waals surface area contributed by atoms with Gasteiger partial charge in [0.15, 0.2) is 5.13 Å². The summed E-state index contributed by atoms with van der Waals surface area (Å²) >= 11 is 1.62. The molecule has 0 amide bonds. The Kier molecular flexibility index (Phi) is 3.89. The van der Waals surface area contributed by atoms with Crippen LogP contribution in [0.15, 0.2) is 48.5 Å². The molecule has 0 N–H and O–H groups in total. The number of aromatic nitrogens is 1. The van der Waals surface area contributed by atoms with E-state index in [4.69, 9.17) is 0 Å². The number of para-hydroxylation sites is 1. The number of fused-ring (bicyclic) bond motifs is 1. The van der Waals surface area contributed by atoms with Crippen LogP contribution >= 0.6 is 11.3 Å². The van der Waals surface area contributed by atoms with E-state index < -0.39 is 0 Å². The van der Waals surface area contributed by atoms with Crippen LogP contribution in [0.25, 0.3) is 10.2 Å². The number of anilines is 1. The van der Waals surface area contributed by atoms with Gasteiger partial charge < -0.3 is 4.90 Å². The van der Waals surface area contributed by atoms with Gasteiger partial charge >= 0.3 is 0 Å². The summed E-state index contributed by atoms with van der Waals surface area (Å²) in [4.78, 5) is 9.33. The number of hydrogen-bond acceptors (Lipinski definition) is 4. The first-order valence-corrected chi connectivity index (χ1v) is 8.69. The van der Waals surface area contributed by atoms with E-state index in [0.29, 0.717) is 5.52 Å². The first-order valence-electron chi connectivity index (χ1n) is 7.87. The van der Waals surface area contributed by atoms with Crippen molar-refractivity contribution in [2.75, 3.05) is 31.1 Å². The Balaban J connectivity index is 1.43. The summed E-state index contributed by atoms with van der Waals surface area (Å²) in [5.41, 5.74) is 1.97. The summed E-state index contributed by atoms with van der Waals surface area (Å²) in [6.07, 6.45) is 0. The van der Waals surface area contributed by atoms with Gasteiger partial charge in [-0.2, -0.15) is 0 Å². The molecule has 2 aromatic carbocycles. The second-order valence-corrected chi connectivity index (χ2v) is 6.86. The Labute approximate surface area is 139 Å². The van der Waals surface area contributed by atoms with Gasteiger partial charge in [-0.05, 0) is 17.7 Å². The SMILES string of the molecule is [O]c1cccc2sc(N3CCN(Cc4ccccc4)CC3)nc12. The molecule has 2 heterocycles. The molecule has 0 bridgehead atoms. The zero-order chi connectivity index (χ0) is 15.6. The molecule has 0 unspecified atom stereocenters. The van der Waals surface area contributed by atoms with E-state index in [1.165, 1.54) is 5.56 Å². The maximum absolute atomic E-state index is 11.8. The van der Waals surface area contributed by atoms with Crippen LogP contribution in [-0.2, 0) is 11.7 Å². The minimum Gasteiger partial charge on any atom is -0.345 e. The van der Waals surface area contributed by atoms with E-state index in [2.05, 4.69) is 45.1 Å². The molecule has 1 aliphatic rings. The largest absolute Gasteiger partial charge is 0.345 e. The fourth-order valence-electron chi connectivity index (χ4n) is 2.99. The maximum atomic E-state index is 11.8. The molecule has 1 radical (unpaired) electrons. The van der Waals surface area contributed by atoms with Crippen LogP contribution < -0.4 is 4.90 Å². The lowest BCUT2D eigenvalue weighted by molar-refractivity contribution is 0.250. The van der Waals surface area contributed by atoms with Gasteiger partial charge in [-0.25, -0.2) is 4.98 Å². The lowest BCUT2D eigenvalue weighted by Crippen LogP contribution is -2.45. The average molecular weight is 324 g/mol. The van der Waals surface area contributed by atoms with Crippen molar-refractivity contribution in [3.8, 4) is 5.75 Å². The van der Waals surface area contributed by atoms with E-state index >= 15 is 0 Å². The van der Waals surface area contributed by atoms with Crippen molar-refractivity contribution >= 4 is 26.7 Å². The first kappa shape index (κ1) is 14.5. The zero-order valence-corrected chi connectivity index (χ0v) is 13.6. The van der Waals surface area contributed by atoms with E-state index in [1.54, 1.807) is 17.4 Å². The third-order valence-corrected chi connectivity index (χ3v) is 5.34. The monoisotopic (exact) mass is 324 g/mol. The predicted molar refractivity (Wildman–Crippen MR) is 93.7 cm³/mol. The second-order valence-electron chi connectivity index (χ2n) is 5.85. The van der Waals surface area contributed by atoms with Crippen LogP contribution in [0, 0.1) is 0 Å². The average Bonchev–Trinajstić information content (AvgIpc) is 3.02. The number of nitrogens with zero attached hydrogens (tertiary/aromatic N) is 3. The fourth-order valence-corrected chi connectivity index (χ4v) is 4.02. The molecule has 0 atom stereocenters. The lowest BCUT2D eigenvalue weighted by Gasteiger charge is -2.34. The fraction of sp³-hybridized carbons (Fsp3) is 0.278. The molecule has 1 saturated heterocycles. The Hall–Kier alpha value is -2.11. The molecule has 3 aromatic rings. The maximum Gasteiger partial charge on any atom is 0.205 e. The number of thiazole rings is 1. The predicted octanol–water partition coefficient (Wildman–Crippen LogP) is 3.76. The summed E-state index contributed by atoms with van der Waals surface area (Å²) in [7, 11) is 0. The summed E-state index contributed by atoms with van der Waals surface area (Å²) in [5.74, 6) is 0.0210. The summed E-state index contributed by atoms with van der Waals surface area (Å²) in [6.45, 7) is 4.96. The molecule has 1 aliphatic heterocycles. The third-order valence-electron chi connectivity index (χ3n) is 4.26. The van der Waals surface area contributed by atoms with Crippen LogP contribution in [0.4, 0.5) is 5.13 Å². The van der Waals surface area contributed by atoms with E-state index in [-0.39, 0.29) is 5.75 Å². The quantitative estimate of drug-likeness (QED) is 0.736. The molecule has 0 saturated carbocycles. The van der Waals surface area contributed by atoms with Gasteiger partial charge in [0.05, 0.1) is 4.70 Å². The highest BCUT2D eigenvalue weighted by atomic mass is 32.1. The molecular weight excluding hydrogens is 306 g/mol. The van der Waals surface area contributed by atoms with E-state index in [9.17, 15) is 5.11 Å². The normalized spacial score (nSPS) is 16.1. The number of piperazine rings is 1. The van der Waals surface area contributed by atoms with Gasteiger partial charge in [-0.1, -0.05) is 47.7 Å². The summed E-state index contributed by atoms with van der Waals surface area (Å²) < 4.78 is 0.985. The van der Waals surface area contributed by atoms with Crippen molar-refractivity contribution in [2.45, 2.75) is 6.54 Å². The third kappa shape index (κ3) is 3.02. The molecular formula is C18H18N3OS. The summed E-state index contributed by atoms with van der Waals surface area (Å²) in [6, 6.07) is 16.0. The molecule has 0 spiro atoms. The number of hydrogen-bond donors (Lipinski definition) is 0. The van der Waals surface area contributed by atoms with Crippen LogP contribution in [-0.4, -0.2) is 36.1 Å². The minimum atomic E-state index is 0.0210. The lowest BCUT2D eigenvalue weighted by atomic mass is 10.2. The van der Waals surface area contributed by atoms with E-state index in [1.807, 2.05) is 12.1 Å². The van der Waals surface area contributed by atoms with Crippen LogP contribution in [0.5, 0.6) is 5.75 Å². The standard InChI is InChI=1S/C18H18N3OS/c22-15-7-4-8-16-17(15)19-18(23-16)21-11-9-20(10-12-21)13-14-5-2-1-3-6-14/h1-8H,9-13H2. The minimum absolute atomic E-state index is 0.0210. The smallest absolute Gasteiger partial charge is 0.205 e. The van der Waals surface area contributed by atoms with Gasteiger partial charge in [0.1, 0.15) is 5.52 Å². The second kappa shape index (κ2) is 6.18. The topological polar surface area (TPSA) is 39.3 Å². The Morgan fingerprint density at radius 3 is 2.48 bits per heavy atom. The van der Waals surface area contributed by atoms with Crippen molar-refractivity contribution in [1.82, 2.24) is 9.88 Å². The van der Waals surface area contributed by atoms with Crippen molar-refractivity contribution in [2.24, 2.45) is 0 Å². The Bertz CT molecular complexity index is 794. The highest BCUT2D eigenvalue weighted by Gasteiger charge is 2.20. The first-order chi connectivity index (χ1) is 11.3. The molecule has 23 heavy (non-hydrogen) atoms. The van der Waals surface area contributed by atoms with Crippen molar-refractivity contribution in [3.63, 3.8) is 0 Å². The highest BCUT2D eigenvalue weighted by molar-refractivity contribution is 7.22. The Morgan fingerprint density at radius 1 is 0.957 bits per heavy atom. The Morgan fingerprint density at radius 2 is 1.74 bits per heavy atom. The number of benzene rings is 2.